The fourth-order valence-corrected chi connectivity index (χ4v) is 6.28. The summed E-state index contributed by atoms with van der Waals surface area (Å²) in [6, 6.07) is 14.1. The molecule has 0 saturated heterocycles. The number of thiophene rings is 1. The molecule has 4 rings (SSSR count). The Bertz CT molecular complexity index is 1210. The number of benzene rings is 2. The van der Waals surface area contributed by atoms with Gasteiger partial charge in [0.05, 0.1) is 22.9 Å². The van der Waals surface area contributed by atoms with Gasteiger partial charge in [-0.2, -0.15) is 0 Å². The molecule has 0 fully saturated rings. The normalized spacial score (nSPS) is 13.3. The zero-order valence-electron chi connectivity index (χ0n) is 16.7. The van der Waals surface area contributed by atoms with Gasteiger partial charge in [0.2, 0.25) is 0 Å². The number of fused-ring (bicyclic) bond motifs is 3. The highest BCUT2D eigenvalue weighted by Gasteiger charge is 2.33. The predicted octanol–water partition coefficient (Wildman–Crippen LogP) is 4.23. The van der Waals surface area contributed by atoms with E-state index in [1.54, 1.807) is 37.3 Å². The van der Waals surface area contributed by atoms with Gasteiger partial charge in [0, 0.05) is 17.0 Å². The van der Waals surface area contributed by atoms with Crippen molar-refractivity contribution in [1.82, 2.24) is 0 Å². The van der Waals surface area contributed by atoms with E-state index in [0.29, 0.717) is 22.7 Å². The Hall–Kier alpha value is -2.84. The van der Waals surface area contributed by atoms with Gasteiger partial charge in [0.25, 0.3) is 10.0 Å². The second-order valence-electron chi connectivity index (χ2n) is 7.03. The molecule has 0 spiro atoms. The van der Waals surface area contributed by atoms with Crippen molar-refractivity contribution in [1.29, 1.82) is 0 Å². The number of nitrogen functional groups attached to an aromatic ring is 1. The third kappa shape index (κ3) is 3.36. The maximum Gasteiger partial charge on any atom is 0.350 e. The molecule has 1 aromatic heterocycles. The number of hydrogen-bond acceptors (Lipinski definition) is 6. The average Bonchev–Trinajstić information content (AvgIpc) is 2.95. The van der Waals surface area contributed by atoms with Crippen molar-refractivity contribution in [3.63, 3.8) is 0 Å². The number of nitrogens with two attached hydrogens (primary N) is 1. The first kappa shape index (κ1) is 20.4. The second kappa shape index (κ2) is 7.77. The Morgan fingerprint density at radius 1 is 1.17 bits per heavy atom. The van der Waals surface area contributed by atoms with E-state index in [2.05, 4.69) is 0 Å². The molecule has 0 atom stereocenters. The predicted molar refractivity (Wildman–Crippen MR) is 120 cm³/mol. The van der Waals surface area contributed by atoms with Crippen LogP contribution in [-0.4, -0.2) is 27.5 Å². The molecule has 30 heavy (non-hydrogen) atoms. The van der Waals surface area contributed by atoms with Crippen molar-refractivity contribution < 1.29 is 17.9 Å². The van der Waals surface area contributed by atoms with Crippen molar-refractivity contribution in [3.05, 3.63) is 64.5 Å². The first-order valence-electron chi connectivity index (χ1n) is 9.61. The maximum atomic E-state index is 13.5. The molecule has 3 aromatic rings. The number of hydrogen-bond donors (Lipinski definition) is 1. The summed E-state index contributed by atoms with van der Waals surface area (Å²) in [7, 11) is -3.75. The molecule has 2 N–H and O–H groups in total. The SMILES string of the molecule is CCOC(=O)c1sc2c(c1N)CCN(S(=O)(=O)c1ccc(C)cc1)c1ccccc1-2. The number of sulfonamides is 1. The van der Waals surface area contributed by atoms with E-state index in [0.717, 1.165) is 21.6 Å². The van der Waals surface area contributed by atoms with Gasteiger partial charge in [-0.25, -0.2) is 13.2 Å². The van der Waals surface area contributed by atoms with Crippen LogP contribution in [0.4, 0.5) is 11.4 Å². The number of para-hydroxylation sites is 1. The zero-order valence-corrected chi connectivity index (χ0v) is 18.3. The topological polar surface area (TPSA) is 89.7 Å². The number of carbonyl (C=O) groups excluding carboxylic acids is 1. The Morgan fingerprint density at radius 3 is 2.57 bits per heavy atom. The standard InChI is InChI=1S/C22H22N2O4S2/c1-3-28-22(25)21-19(23)17-12-13-24(18-7-5-4-6-16(18)20(17)29-21)30(26,27)15-10-8-14(2)9-11-15/h4-11H,3,12-13,23H2,1-2H3. The van der Waals surface area contributed by atoms with E-state index in [-0.39, 0.29) is 18.0 Å². The number of rotatable bonds is 4. The summed E-state index contributed by atoms with van der Waals surface area (Å²) in [6.07, 6.45) is 0.400. The highest BCUT2D eigenvalue weighted by atomic mass is 32.2. The van der Waals surface area contributed by atoms with Crippen LogP contribution in [0.5, 0.6) is 0 Å². The van der Waals surface area contributed by atoms with Crippen LogP contribution in [0.3, 0.4) is 0 Å². The second-order valence-corrected chi connectivity index (χ2v) is 9.91. The van der Waals surface area contributed by atoms with E-state index in [4.69, 9.17) is 10.5 Å². The Morgan fingerprint density at radius 2 is 1.87 bits per heavy atom. The van der Waals surface area contributed by atoms with Crippen molar-refractivity contribution >= 4 is 38.7 Å². The van der Waals surface area contributed by atoms with Gasteiger partial charge in [-0.3, -0.25) is 4.31 Å². The van der Waals surface area contributed by atoms with Gasteiger partial charge >= 0.3 is 5.97 Å². The first-order chi connectivity index (χ1) is 14.3. The Kier molecular flexibility index (Phi) is 5.29. The molecule has 0 amide bonds. The summed E-state index contributed by atoms with van der Waals surface area (Å²) < 4.78 is 33.5. The molecule has 6 nitrogen and oxygen atoms in total. The molecule has 1 aliphatic rings. The van der Waals surface area contributed by atoms with E-state index < -0.39 is 16.0 Å². The van der Waals surface area contributed by atoms with Gasteiger partial charge in [-0.15, -0.1) is 11.3 Å². The summed E-state index contributed by atoms with van der Waals surface area (Å²) in [5.41, 5.74) is 9.78. The number of carbonyl (C=O) groups is 1. The monoisotopic (exact) mass is 442 g/mol. The molecule has 2 aromatic carbocycles. The lowest BCUT2D eigenvalue weighted by Gasteiger charge is -2.24. The Labute approximate surface area is 180 Å². The number of aryl methyl sites for hydroxylation is 1. The number of ether oxygens (including phenoxy) is 1. The third-order valence-electron chi connectivity index (χ3n) is 5.10. The van der Waals surface area contributed by atoms with Gasteiger partial charge in [-0.1, -0.05) is 35.9 Å². The van der Waals surface area contributed by atoms with Crippen LogP contribution in [0.1, 0.15) is 27.7 Å². The third-order valence-corrected chi connectivity index (χ3v) is 8.19. The van der Waals surface area contributed by atoms with Gasteiger partial charge in [-0.05, 0) is 44.0 Å². The van der Waals surface area contributed by atoms with Crippen molar-refractivity contribution in [3.8, 4) is 10.4 Å². The summed E-state index contributed by atoms with van der Waals surface area (Å²) >= 11 is 1.26. The molecule has 1 aliphatic heterocycles. The zero-order chi connectivity index (χ0) is 21.5. The lowest BCUT2D eigenvalue weighted by Crippen LogP contribution is -2.32. The van der Waals surface area contributed by atoms with E-state index in [1.165, 1.54) is 15.6 Å². The molecule has 0 saturated carbocycles. The highest BCUT2D eigenvalue weighted by molar-refractivity contribution is 7.92. The summed E-state index contributed by atoms with van der Waals surface area (Å²) in [5.74, 6) is -0.449. The van der Waals surface area contributed by atoms with Gasteiger partial charge in [0.15, 0.2) is 0 Å². The molecule has 8 heteroatoms. The first-order valence-corrected chi connectivity index (χ1v) is 11.9. The molecule has 0 aliphatic carbocycles. The van der Waals surface area contributed by atoms with Gasteiger partial charge in [0.1, 0.15) is 4.88 Å². The van der Waals surface area contributed by atoms with Crippen LogP contribution < -0.4 is 10.0 Å². The number of anilines is 2. The van der Waals surface area contributed by atoms with Crippen LogP contribution in [-0.2, 0) is 21.2 Å². The molecular formula is C22H22N2O4S2. The fraction of sp³-hybridized carbons (Fsp3) is 0.227. The van der Waals surface area contributed by atoms with Crippen LogP contribution in [0.15, 0.2) is 53.4 Å². The minimum absolute atomic E-state index is 0.226. The van der Waals surface area contributed by atoms with Crippen LogP contribution >= 0.6 is 11.3 Å². The average molecular weight is 443 g/mol. The summed E-state index contributed by atoms with van der Waals surface area (Å²) in [4.78, 5) is 13.7. The molecule has 0 unspecified atom stereocenters. The van der Waals surface area contributed by atoms with Gasteiger partial charge < -0.3 is 10.5 Å². The molecule has 2 heterocycles. The van der Waals surface area contributed by atoms with Crippen molar-refractivity contribution in [2.45, 2.75) is 25.2 Å². The highest BCUT2D eigenvalue weighted by Crippen LogP contribution is 2.46. The summed E-state index contributed by atoms with van der Waals surface area (Å²) in [6.45, 7) is 4.15. The largest absolute Gasteiger partial charge is 0.462 e. The molecule has 0 bridgehead atoms. The van der Waals surface area contributed by atoms with Crippen LogP contribution in [0, 0.1) is 6.92 Å². The lowest BCUT2D eigenvalue weighted by atomic mass is 10.1. The van der Waals surface area contributed by atoms with Crippen LogP contribution in [0.25, 0.3) is 10.4 Å². The molecule has 0 radical (unpaired) electrons. The minimum Gasteiger partial charge on any atom is -0.462 e. The molecular weight excluding hydrogens is 420 g/mol. The smallest absolute Gasteiger partial charge is 0.350 e. The minimum atomic E-state index is -3.75. The van der Waals surface area contributed by atoms with Crippen molar-refractivity contribution in [2.75, 3.05) is 23.2 Å². The lowest BCUT2D eigenvalue weighted by molar-refractivity contribution is 0.0533. The van der Waals surface area contributed by atoms with E-state index in [9.17, 15) is 13.2 Å². The Balaban J connectivity index is 1.85. The number of nitrogens with zero attached hydrogens (tertiary/aromatic N) is 1. The number of esters is 1. The van der Waals surface area contributed by atoms with E-state index >= 15 is 0 Å². The van der Waals surface area contributed by atoms with E-state index in [1.807, 2.05) is 25.1 Å². The van der Waals surface area contributed by atoms with Crippen molar-refractivity contribution in [2.24, 2.45) is 0 Å². The summed E-state index contributed by atoms with van der Waals surface area (Å²) in [5, 5.41) is 0. The quantitative estimate of drug-likeness (QED) is 0.611. The fourth-order valence-electron chi connectivity index (χ4n) is 3.60. The van der Waals surface area contributed by atoms with Crippen LogP contribution in [0.2, 0.25) is 0 Å². The molecule has 156 valence electrons. The maximum absolute atomic E-state index is 13.5.